The highest BCUT2D eigenvalue weighted by atomic mass is 79.9. The lowest BCUT2D eigenvalue weighted by Gasteiger charge is -2.20. The molecule has 3 nitrogen and oxygen atoms in total. The molecule has 0 spiro atoms. The van der Waals surface area contributed by atoms with Crippen LogP contribution in [0.2, 0.25) is 0 Å². The molecule has 1 aromatic carbocycles. The minimum atomic E-state index is 0.0516. The summed E-state index contributed by atoms with van der Waals surface area (Å²) in [6.07, 6.45) is 2.11. The van der Waals surface area contributed by atoms with Gasteiger partial charge < -0.3 is 10.6 Å². The summed E-state index contributed by atoms with van der Waals surface area (Å²) < 4.78 is 2.05. The van der Waals surface area contributed by atoms with E-state index in [1.165, 1.54) is 11.3 Å². The Hall–Kier alpha value is -1.07. The molecule has 0 bridgehead atoms. The number of carbonyl (C=O) groups excluding carboxylic acids is 1. The van der Waals surface area contributed by atoms with Crippen LogP contribution in [0.3, 0.4) is 0 Å². The summed E-state index contributed by atoms with van der Waals surface area (Å²) in [4.78, 5) is 15.1. The smallest absolute Gasteiger partial charge is 0.266 e. The molecule has 20 heavy (non-hydrogen) atoms. The maximum atomic E-state index is 12.6. The Bertz CT molecular complexity index is 624. The van der Waals surface area contributed by atoms with Crippen molar-refractivity contribution in [3.8, 4) is 0 Å². The second kappa shape index (κ2) is 6.59. The Morgan fingerprint density at radius 3 is 2.80 bits per heavy atom. The van der Waals surface area contributed by atoms with Crippen molar-refractivity contribution in [1.29, 1.82) is 0 Å². The van der Waals surface area contributed by atoms with Gasteiger partial charge in [-0.3, -0.25) is 4.79 Å². The van der Waals surface area contributed by atoms with Crippen LogP contribution in [0, 0.1) is 0 Å². The van der Waals surface area contributed by atoms with Crippen LogP contribution in [-0.2, 0) is 0 Å². The first-order valence-electron chi connectivity index (χ1n) is 6.85. The summed E-state index contributed by atoms with van der Waals surface area (Å²) >= 11 is 4.93. The van der Waals surface area contributed by atoms with Gasteiger partial charge in [-0.25, -0.2) is 0 Å². The number of nitrogens with two attached hydrogens (primary N) is 1. The van der Waals surface area contributed by atoms with Crippen LogP contribution in [0.25, 0.3) is 10.1 Å². The van der Waals surface area contributed by atoms with Gasteiger partial charge in [0.05, 0.1) is 5.69 Å². The van der Waals surface area contributed by atoms with Crippen molar-refractivity contribution in [2.24, 2.45) is 0 Å². The molecule has 5 heteroatoms. The summed E-state index contributed by atoms with van der Waals surface area (Å²) in [5.41, 5.74) is 6.77. The number of fused-ring (bicyclic) bond motifs is 1. The first-order valence-corrected chi connectivity index (χ1v) is 8.46. The number of unbranched alkanes of at least 4 members (excludes halogenated alkanes) is 1. The molecule has 1 amide bonds. The molecule has 1 aromatic heterocycles. The van der Waals surface area contributed by atoms with Gasteiger partial charge in [-0.1, -0.05) is 35.3 Å². The predicted octanol–water partition coefficient (Wildman–Crippen LogP) is 4.51. The van der Waals surface area contributed by atoms with E-state index >= 15 is 0 Å². The van der Waals surface area contributed by atoms with E-state index in [2.05, 4.69) is 22.9 Å². The normalized spacial score (nSPS) is 10.9. The first kappa shape index (κ1) is 15.3. The number of amides is 1. The fourth-order valence-electron chi connectivity index (χ4n) is 2.15. The topological polar surface area (TPSA) is 46.3 Å². The van der Waals surface area contributed by atoms with Crippen LogP contribution < -0.4 is 5.73 Å². The SMILES string of the molecule is CCCCN(CC)C(=O)c1sc2cc(Br)ccc2c1N. The average molecular weight is 355 g/mol. The van der Waals surface area contributed by atoms with Gasteiger partial charge in [-0.05, 0) is 25.5 Å². The van der Waals surface area contributed by atoms with E-state index < -0.39 is 0 Å². The van der Waals surface area contributed by atoms with Gasteiger partial charge in [0.15, 0.2) is 0 Å². The molecular formula is C15H19BrN2OS. The van der Waals surface area contributed by atoms with Crippen molar-refractivity contribution in [3.05, 3.63) is 27.5 Å². The standard InChI is InChI=1S/C15H19BrN2OS/c1-3-5-8-18(4-2)15(19)14-13(17)11-7-6-10(16)9-12(11)20-14/h6-7,9H,3-5,8,17H2,1-2H3. The number of anilines is 1. The molecule has 108 valence electrons. The molecular weight excluding hydrogens is 336 g/mol. The van der Waals surface area contributed by atoms with Gasteiger partial charge in [0.25, 0.3) is 5.91 Å². The number of hydrogen-bond acceptors (Lipinski definition) is 3. The van der Waals surface area contributed by atoms with Crippen molar-refractivity contribution >= 4 is 48.9 Å². The number of rotatable bonds is 5. The number of carbonyl (C=O) groups is 1. The van der Waals surface area contributed by atoms with Gasteiger partial charge >= 0.3 is 0 Å². The minimum absolute atomic E-state index is 0.0516. The number of thiophene rings is 1. The monoisotopic (exact) mass is 354 g/mol. The van der Waals surface area contributed by atoms with Gasteiger partial charge in [0.1, 0.15) is 4.88 Å². The molecule has 0 radical (unpaired) electrons. The van der Waals surface area contributed by atoms with Gasteiger partial charge in [-0.15, -0.1) is 11.3 Å². The Morgan fingerprint density at radius 1 is 1.40 bits per heavy atom. The molecule has 0 fully saturated rings. The Labute approximate surface area is 131 Å². The van der Waals surface area contributed by atoms with Crippen molar-refractivity contribution in [1.82, 2.24) is 4.90 Å². The number of nitrogen functional groups attached to an aromatic ring is 1. The maximum Gasteiger partial charge on any atom is 0.266 e. The molecule has 0 saturated heterocycles. The first-order chi connectivity index (χ1) is 9.58. The molecule has 0 aliphatic rings. The van der Waals surface area contributed by atoms with Crippen LogP contribution in [0.5, 0.6) is 0 Å². The molecule has 2 N–H and O–H groups in total. The zero-order valence-corrected chi connectivity index (χ0v) is 14.2. The molecule has 0 saturated carbocycles. The van der Waals surface area contributed by atoms with E-state index in [1.807, 2.05) is 30.0 Å². The summed E-state index contributed by atoms with van der Waals surface area (Å²) in [6, 6.07) is 5.92. The van der Waals surface area contributed by atoms with Crippen LogP contribution in [0.4, 0.5) is 5.69 Å². The Balaban J connectivity index is 2.36. The van der Waals surface area contributed by atoms with Crippen molar-refractivity contribution in [2.45, 2.75) is 26.7 Å². The Kier molecular flexibility index (Phi) is 5.05. The van der Waals surface area contributed by atoms with Crippen LogP contribution in [-0.4, -0.2) is 23.9 Å². The van der Waals surface area contributed by atoms with Crippen LogP contribution in [0.15, 0.2) is 22.7 Å². The lowest BCUT2D eigenvalue weighted by molar-refractivity contribution is 0.0768. The highest BCUT2D eigenvalue weighted by Crippen LogP contribution is 2.36. The van der Waals surface area contributed by atoms with Crippen molar-refractivity contribution < 1.29 is 4.79 Å². The van der Waals surface area contributed by atoms with E-state index in [-0.39, 0.29) is 5.91 Å². The summed E-state index contributed by atoms with van der Waals surface area (Å²) in [7, 11) is 0. The molecule has 2 rings (SSSR count). The molecule has 0 unspecified atom stereocenters. The van der Waals surface area contributed by atoms with E-state index in [9.17, 15) is 4.79 Å². The van der Waals surface area contributed by atoms with Gasteiger partial charge in [-0.2, -0.15) is 0 Å². The second-order valence-electron chi connectivity index (χ2n) is 4.72. The largest absolute Gasteiger partial charge is 0.397 e. The summed E-state index contributed by atoms with van der Waals surface area (Å²) in [6.45, 7) is 5.65. The zero-order valence-electron chi connectivity index (χ0n) is 11.8. The fourth-order valence-corrected chi connectivity index (χ4v) is 3.79. The van der Waals surface area contributed by atoms with Crippen LogP contribution >= 0.6 is 27.3 Å². The second-order valence-corrected chi connectivity index (χ2v) is 6.69. The molecule has 0 atom stereocenters. The quantitative estimate of drug-likeness (QED) is 0.858. The number of benzene rings is 1. The highest BCUT2D eigenvalue weighted by molar-refractivity contribution is 9.10. The van der Waals surface area contributed by atoms with E-state index in [1.54, 1.807) is 0 Å². The summed E-state index contributed by atoms with van der Waals surface area (Å²) in [5.74, 6) is 0.0516. The number of halogens is 1. The number of nitrogens with zero attached hydrogens (tertiary/aromatic N) is 1. The Morgan fingerprint density at radius 2 is 2.15 bits per heavy atom. The molecule has 2 aromatic rings. The minimum Gasteiger partial charge on any atom is -0.397 e. The molecule has 0 aliphatic heterocycles. The van der Waals surface area contributed by atoms with Gasteiger partial charge in [0.2, 0.25) is 0 Å². The third kappa shape index (κ3) is 2.99. The van der Waals surface area contributed by atoms with Gasteiger partial charge in [0, 0.05) is 27.6 Å². The number of hydrogen-bond donors (Lipinski definition) is 1. The van der Waals surface area contributed by atoms with E-state index in [4.69, 9.17) is 5.73 Å². The summed E-state index contributed by atoms with van der Waals surface area (Å²) in [5, 5.41) is 0.966. The van der Waals surface area contributed by atoms with E-state index in [0.29, 0.717) is 10.6 Å². The highest BCUT2D eigenvalue weighted by Gasteiger charge is 2.20. The lowest BCUT2D eigenvalue weighted by Crippen LogP contribution is -2.31. The zero-order chi connectivity index (χ0) is 14.7. The third-order valence-electron chi connectivity index (χ3n) is 3.34. The molecule has 0 aliphatic carbocycles. The fraction of sp³-hybridized carbons (Fsp3) is 0.400. The van der Waals surface area contributed by atoms with E-state index in [0.717, 1.165) is 40.5 Å². The van der Waals surface area contributed by atoms with Crippen molar-refractivity contribution in [2.75, 3.05) is 18.8 Å². The average Bonchev–Trinajstić information content (AvgIpc) is 2.76. The predicted molar refractivity (Wildman–Crippen MR) is 90.4 cm³/mol. The third-order valence-corrected chi connectivity index (χ3v) is 4.98. The lowest BCUT2D eigenvalue weighted by atomic mass is 10.2. The van der Waals surface area contributed by atoms with Crippen LogP contribution in [0.1, 0.15) is 36.4 Å². The van der Waals surface area contributed by atoms with Crippen molar-refractivity contribution in [3.63, 3.8) is 0 Å². The maximum absolute atomic E-state index is 12.6. The molecule has 1 heterocycles.